The number of benzene rings is 3. The maximum Gasteiger partial charge on any atom is 0.573 e. The maximum atomic E-state index is 12.4. The van der Waals surface area contributed by atoms with Gasteiger partial charge in [0.1, 0.15) is 11.9 Å². The van der Waals surface area contributed by atoms with Crippen molar-refractivity contribution in [1.29, 1.82) is 0 Å². The summed E-state index contributed by atoms with van der Waals surface area (Å²) in [4.78, 5) is 11.3. The van der Waals surface area contributed by atoms with Gasteiger partial charge in [0.15, 0.2) is 5.70 Å². The Balaban J connectivity index is 1.78. The number of nitrogens with two attached hydrogens (primary N) is 2. The smallest absolute Gasteiger partial charge is 0.476 e. The zero-order chi connectivity index (χ0) is 26.3. The van der Waals surface area contributed by atoms with E-state index in [1.54, 1.807) is 12.1 Å². The van der Waals surface area contributed by atoms with Gasteiger partial charge in [0.05, 0.1) is 0 Å². The molecule has 0 aromatic heterocycles. The van der Waals surface area contributed by atoms with Crippen molar-refractivity contribution < 1.29 is 32.5 Å². The summed E-state index contributed by atoms with van der Waals surface area (Å²) in [6.45, 7) is 0. The van der Waals surface area contributed by atoms with E-state index < -0.39 is 24.1 Å². The first-order valence-corrected chi connectivity index (χ1v) is 11.0. The summed E-state index contributed by atoms with van der Waals surface area (Å²) in [6.07, 6.45) is -4.52. The Morgan fingerprint density at radius 1 is 0.917 bits per heavy atom. The molecule has 1 atom stereocenters. The predicted octanol–water partition coefficient (Wildman–Crippen LogP) is 4.75. The highest BCUT2D eigenvalue weighted by molar-refractivity contribution is 6.30. The number of hydrazine groups is 1. The number of carboxylic acid groups (broad SMARTS) is 1. The Hall–Kier alpha value is -3.89. The van der Waals surface area contributed by atoms with Crippen LogP contribution in [0, 0.1) is 0 Å². The first kappa shape index (κ1) is 26.7. The molecule has 190 valence electrons. The van der Waals surface area contributed by atoms with Gasteiger partial charge in [0, 0.05) is 17.9 Å². The Labute approximate surface area is 210 Å². The summed E-state index contributed by atoms with van der Waals surface area (Å²) in [5, 5.41) is 9.81. The van der Waals surface area contributed by atoms with Gasteiger partial charge in [-0.05, 0) is 46.5 Å². The summed E-state index contributed by atoms with van der Waals surface area (Å²) in [5.41, 5.74) is 10.6. The monoisotopic (exact) mass is 521 g/mol. The molecule has 0 heterocycles. The molecule has 0 fully saturated rings. The Morgan fingerprint density at radius 3 is 1.83 bits per heavy atom. The van der Waals surface area contributed by atoms with Crippen molar-refractivity contribution in [3.63, 3.8) is 0 Å². The van der Waals surface area contributed by atoms with Crippen LogP contribution in [-0.2, 0) is 22.4 Å². The van der Waals surface area contributed by atoms with Crippen LogP contribution in [0.5, 0.6) is 5.75 Å². The molecule has 0 aliphatic rings. The number of hydrogen-bond acceptors (Lipinski definition) is 6. The van der Waals surface area contributed by atoms with E-state index in [1.165, 1.54) is 24.3 Å². The van der Waals surface area contributed by atoms with E-state index in [-0.39, 0.29) is 11.6 Å². The Morgan fingerprint density at radius 2 is 1.39 bits per heavy atom. The van der Waals surface area contributed by atoms with E-state index in [0.717, 1.165) is 16.7 Å². The first-order chi connectivity index (χ1) is 17.0. The minimum Gasteiger partial charge on any atom is -0.476 e. The van der Waals surface area contributed by atoms with E-state index in [0.29, 0.717) is 23.4 Å². The molecule has 0 aliphatic heterocycles. The van der Waals surface area contributed by atoms with Gasteiger partial charge < -0.3 is 25.7 Å². The molecule has 6 N–H and O–H groups in total. The van der Waals surface area contributed by atoms with Crippen molar-refractivity contribution in [3.05, 3.63) is 101 Å². The number of ether oxygens (including phenoxy) is 2. The molecule has 0 spiro atoms. The zero-order valence-corrected chi connectivity index (χ0v) is 19.5. The van der Waals surface area contributed by atoms with Crippen molar-refractivity contribution in [1.82, 2.24) is 5.43 Å². The molecule has 11 heteroatoms. The third-order valence-electron chi connectivity index (χ3n) is 5.11. The molecule has 36 heavy (non-hydrogen) atoms. The number of alkyl halides is 3. The van der Waals surface area contributed by atoms with Crippen molar-refractivity contribution in [2.45, 2.75) is 25.3 Å². The standard InChI is InChI=1S/C25H23ClF3N3O4/c26-19-9-3-16(4-10-19)14-21(35-23(30)22(32-31)24(33)34)13-15-1-5-17(6-2-15)18-7-11-20(12-8-18)36-25(27,28)29/h1-12,21,32H,13-14,30-31H2,(H,33,34)/b23-22+. The van der Waals surface area contributed by atoms with Crippen LogP contribution in [0.2, 0.25) is 5.02 Å². The van der Waals surface area contributed by atoms with Gasteiger partial charge in [-0.25, -0.2) is 4.79 Å². The van der Waals surface area contributed by atoms with Crippen LogP contribution in [0.15, 0.2) is 84.4 Å². The lowest BCUT2D eigenvalue weighted by Crippen LogP contribution is -2.33. The lowest BCUT2D eigenvalue weighted by molar-refractivity contribution is -0.274. The first-order valence-electron chi connectivity index (χ1n) is 10.6. The average Bonchev–Trinajstić information content (AvgIpc) is 2.81. The number of halogens is 4. The van der Waals surface area contributed by atoms with Crippen molar-refractivity contribution in [3.8, 4) is 16.9 Å². The van der Waals surface area contributed by atoms with Crippen molar-refractivity contribution in [2.75, 3.05) is 0 Å². The van der Waals surface area contributed by atoms with Crippen LogP contribution in [0.1, 0.15) is 11.1 Å². The zero-order valence-electron chi connectivity index (χ0n) is 18.8. The number of carbonyl (C=O) groups is 1. The molecule has 0 bridgehead atoms. The number of rotatable bonds is 10. The fourth-order valence-corrected chi connectivity index (χ4v) is 3.59. The molecule has 3 aromatic rings. The maximum absolute atomic E-state index is 12.4. The van der Waals surface area contributed by atoms with Gasteiger partial charge in [0.25, 0.3) is 0 Å². The van der Waals surface area contributed by atoms with Gasteiger partial charge in [0.2, 0.25) is 5.88 Å². The number of hydrogen-bond donors (Lipinski definition) is 4. The summed E-state index contributed by atoms with van der Waals surface area (Å²) in [6, 6.07) is 20.0. The van der Waals surface area contributed by atoms with Crippen LogP contribution < -0.4 is 21.7 Å². The number of nitrogens with one attached hydrogen (secondary N) is 1. The second-order valence-electron chi connectivity index (χ2n) is 7.73. The Bertz CT molecular complexity index is 1200. The highest BCUT2D eigenvalue weighted by Crippen LogP contribution is 2.27. The summed E-state index contributed by atoms with van der Waals surface area (Å²) < 4.78 is 46.8. The van der Waals surface area contributed by atoms with E-state index in [2.05, 4.69) is 4.74 Å². The van der Waals surface area contributed by atoms with Crippen LogP contribution in [-0.4, -0.2) is 23.5 Å². The van der Waals surface area contributed by atoms with Crippen molar-refractivity contribution >= 4 is 17.6 Å². The molecular weight excluding hydrogens is 499 g/mol. The topological polar surface area (TPSA) is 120 Å². The van der Waals surface area contributed by atoms with Crippen LogP contribution in [0.25, 0.3) is 11.1 Å². The second kappa shape index (κ2) is 11.7. The van der Waals surface area contributed by atoms with E-state index in [4.69, 9.17) is 27.9 Å². The fourth-order valence-electron chi connectivity index (χ4n) is 3.46. The molecule has 0 saturated carbocycles. The SMILES string of the molecule is NN/C(C(=O)O)=C(\N)OC(Cc1ccc(Cl)cc1)Cc1ccc(-c2ccc(OC(F)(F)F)cc2)cc1. The molecule has 7 nitrogen and oxygen atoms in total. The number of aliphatic carboxylic acids is 1. The third kappa shape index (κ3) is 7.82. The molecule has 3 aromatic carbocycles. The van der Waals surface area contributed by atoms with Gasteiger partial charge in [-0.2, -0.15) is 0 Å². The molecule has 0 radical (unpaired) electrons. The number of carboxylic acids is 1. The van der Waals surface area contributed by atoms with Gasteiger partial charge in [-0.3, -0.25) is 5.84 Å². The van der Waals surface area contributed by atoms with Crippen LogP contribution in [0.4, 0.5) is 13.2 Å². The lowest BCUT2D eigenvalue weighted by atomic mass is 9.98. The molecule has 0 amide bonds. The van der Waals surface area contributed by atoms with Crippen molar-refractivity contribution in [2.24, 2.45) is 11.6 Å². The second-order valence-corrected chi connectivity index (χ2v) is 8.17. The van der Waals surface area contributed by atoms with Crippen LogP contribution >= 0.6 is 11.6 Å². The highest BCUT2D eigenvalue weighted by Gasteiger charge is 2.31. The summed E-state index contributed by atoms with van der Waals surface area (Å²) in [5.74, 6) is 3.23. The largest absolute Gasteiger partial charge is 0.573 e. The van der Waals surface area contributed by atoms with Gasteiger partial charge in [-0.1, -0.05) is 60.1 Å². The van der Waals surface area contributed by atoms with Gasteiger partial charge in [-0.15, -0.1) is 13.2 Å². The van der Waals surface area contributed by atoms with E-state index in [9.17, 15) is 23.1 Å². The minimum atomic E-state index is -4.75. The van der Waals surface area contributed by atoms with E-state index in [1.807, 2.05) is 41.8 Å². The molecule has 0 saturated heterocycles. The normalized spacial score (nSPS) is 12.9. The van der Waals surface area contributed by atoms with E-state index >= 15 is 0 Å². The Kier molecular flexibility index (Phi) is 8.68. The summed E-state index contributed by atoms with van der Waals surface area (Å²) >= 11 is 5.96. The summed E-state index contributed by atoms with van der Waals surface area (Å²) in [7, 11) is 0. The quantitative estimate of drug-likeness (QED) is 0.131. The third-order valence-corrected chi connectivity index (χ3v) is 5.37. The average molecular weight is 522 g/mol. The fraction of sp³-hybridized carbons (Fsp3) is 0.160. The predicted molar refractivity (Wildman–Crippen MR) is 128 cm³/mol. The minimum absolute atomic E-state index is 0.302. The molecule has 0 aliphatic carbocycles. The molecule has 3 rings (SSSR count). The molecule has 1 unspecified atom stereocenters. The highest BCUT2D eigenvalue weighted by atomic mass is 35.5. The molecular formula is C25H23ClF3N3O4. The lowest BCUT2D eigenvalue weighted by Gasteiger charge is -2.21. The van der Waals surface area contributed by atoms with Gasteiger partial charge >= 0.3 is 12.3 Å². The van der Waals surface area contributed by atoms with Crippen LogP contribution in [0.3, 0.4) is 0 Å².